The maximum absolute atomic E-state index is 2.52. The van der Waals surface area contributed by atoms with Crippen molar-refractivity contribution in [2.24, 2.45) is 0 Å². The van der Waals surface area contributed by atoms with Crippen molar-refractivity contribution >= 4 is 65.4 Å². The summed E-state index contributed by atoms with van der Waals surface area (Å²) in [6, 6.07) is 86.4. The Morgan fingerprint density at radius 1 is 0.206 bits per heavy atom. The zero-order valence-electron chi connectivity index (χ0n) is 34.4. The van der Waals surface area contributed by atoms with E-state index < -0.39 is 0 Å². The third-order valence-electron chi connectivity index (χ3n) is 13.1. The highest BCUT2D eigenvalue weighted by Gasteiger charge is 2.25. The second-order valence-corrected chi connectivity index (χ2v) is 16.4. The molecule has 0 spiro atoms. The van der Waals surface area contributed by atoms with Gasteiger partial charge in [0.05, 0.1) is 50.2 Å². The Hall–Kier alpha value is -8.40. The van der Waals surface area contributed by atoms with Crippen LogP contribution in [0.15, 0.2) is 237 Å². The number of para-hydroxylation sites is 7. The Kier molecular flexibility index (Phi) is 7.91. The summed E-state index contributed by atoms with van der Waals surface area (Å²) in [7, 11) is 0. The van der Waals surface area contributed by atoms with Gasteiger partial charge in [-0.3, -0.25) is 0 Å². The van der Waals surface area contributed by atoms with E-state index in [1.165, 1.54) is 98.8 Å². The van der Waals surface area contributed by atoms with Gasteiger partial charge in [-0.15, -0.1) is 0 Å². The Morgan fingerprint density at radius 3 is 1.19 bits per heavy atom. The van der Waals surface area contributed by atoms with Gasteiger partial charge in [0.15, 0.2) is 0 Å². The maximum Gasteiger partial charge on any atom is 0.0641 e. The number of hydrogen-bond donors (Lipinski definition) is 0. The van der Waals surface area contributed by atoms with Gasteiger partial charge in [0.25, 0.3) is 0 Å². The van der Waals surface area contributed by atoms with Crippen molar-refractivity contribution in [3.8, 4) is 50.4 Å². The summed E-state index contributed by atoms with van der Waals surface area (Å²) in [6.07, 6.45) is 0. The van der Waals surface area contributed by atoms with Crippen LogP contribution in [0, 0.1) is 0 Å². The van der Waals surface area contributed by atoms with E-state index >= 15 is 0 Å². The van der Waals surface area contributed by atoms with E-state index in [4.69, 9.17) is 0 Å². The number of fused-ring (bicyclic) bond motifs is 10. The largest absolute Gasteiger partial charge is 0.309 e. The molecule has 0 saturated heterocycles. The lowest BCUT2D eigenvalue weighted by Crippen LogP contribution is -2.01. The summed E-state index contributed by atoms with van der Waals surface area (Å²) in [5.41, 5.74) is 17.7. The van der Waals surface area contributed by atoms with Crippen LogP contribution in [0.4, 0.5) is 0 Å². The van der Waals surface area contributed by atoms with Gasteiger partial charge < -0.3 is 13.7 Å². The summed E-state index contributed by atoms with van der Waals surface area (Å²) < 4.78 is 7.52. The van der Waals surface area contributed by atoms with Crippen LogP contribution in [0.1, 0.15) is 0 Å². The van der Waals surface area contributed by atoms with E-state index in [2.05, 4.69) is 250 Å². The molecule has 3 heterocycles. The van der Waals surface area contributed by atoms with Crippen LogP contribution in [-0.4, -0.2) is 13.7 Å². The minimum absolute atomic E-state index is 1.14. The van der Waals surface area contributed by atoms with E-state index in [9.17, 15) is 0 Å². The Balaban J connectivity index is 1.13. The number of aromatic nitrogens is 3. The van der Waals surface area contributed by atoms with E-state index in [0.29, 0.717) is 0 Å². The van der Waals surface area contributed by atoms with Gasteiger partial charge in [-0.2, -0.15) is 0 Å². The first-order chi connectivity index (χ1) is 31.3. The third-order valence-corrected chi connectivity index (χ3v) is 13.1. The molecule has 0 bridgehead atoms. The summed E-state index contributed by atoms with van der Waals surface area (Å²) in [5.74, 6) is 0. The maximum atomic E-state index is 2.52. The van der Waals surface area contributed by atoms with Crippen molar-refractivity contribution in [2.45, 2.75) is 0 Å². The van der Waals surface area contributed by atoms with Crippen LogP contribution in [0.5, 0.6) is 0 Å². The smallest absolute Gasteiger partial charge is 0.0641 e. The fourth-order valence-corrected chi connectivity index (χ4v) is 10.5. The lowest BCUT2D eigenvalue weighted by molar-refractivity contribution is 1.17. The molecule has 0 atom stereocenters. The van der Waals surface area contributed by atoms with E-state index in [0.717, 1.165) is 17.1 Å². The van der Waals surface area contributed by atoms with Crippen molar-refractivity contribution in [3.63, 3.8) is 0 Å². The fourth-order valence-electron chi connectivity index (χ4n) is 10.5. The highest BCUT2D eigenvalue weighted by Crippen LogP contribution is 2.46. The van der Waals surface area contributed by atoms with Crippen molar-refractivity contribution < 1.29 is 0 Å². The molecule has 0 amide bonds. The Morgan fingerprint density at radius 2 is 0.603 bits per heavy atom. The van der Waals surface area contributed by atoms with Crippen molar-refractivity contribution in [1.29, 1.82) is 0 Å². The lowest BCUT2D eigenvalue weighted by Gasteiger charge is -2.18. The van der Waals surface area contributed by atoms with E-state index in [-0.39, 0.29) is 0 Å². The average Bonchev–Trinajstić information content (AvgIpc) is 4.00. The van der Waals surface area contributed by atoms with Gasteiger partial charge in [0, 0.05) is 54.6 Å². The topological polar surface area (TPSA) is 14.8 Å². The molecular formula is C60H39N3. The Bertz CT molecular complexity index is 3900. The van der Waals surface area contributed by atoms with Gasteiger partial charge in [-0.25, -0.2) is 0 Å². The highest BCUT2D eigenvalue weighted by atomic mass is 15.0. The molecule has 0 fully saturated rings. The molecule has 3 heteroatoms. The van der Waals surface area contributed by atoms with Crippen LogP contribution in [0.2, 0.25) is 0 Å². The fraction of sp³-hybridized carbons (Fsp3) is 0. The van der Waals surface area contributed by atoms with Crippen molar-refractivity contribution in [1.82, 2.24) is 13.7 Å². The molecule has 0 aliphatic carbocycles. The molecule has 0 radical (unpaired) electrons. The highest BCUT2D eigenvalue weighted by molar-refractivity contribution is 6.26. The monoisotopic (exact) mass is 801 g/mol. The zero-order valence-corrected chi connectivity index (χ0v) is 34.4. The summed E-state index contributed by atoms with van der Waals surface area (Å²) in [5, 5.41) is 7.40. The molecule has 0 unspecified atom stereocenters. The molecule has 13 aromatic rings. The van der Waals surface area contributed by atoms with Gasteiger partial charge in [-0.05, 0) is 53.6 Å². The molecule has 0 aliphatic rings. The molecule has 0 N–H and O–H groups in total. The molecular weight excluding hydrogens is 763 g/mol. The predicted molar refractivity (Wildman–Crippen MR) is 266 cm³/mol. The van der Waals surface area contributed by atoms with Crippen LogP contribution >= 0.6 is 0 Å². The first kappa shape index (κ1) is 35.4. The van der Waals surface area contributed by atoms with Crippen LogP contribution in [0.3, 0.4) is 0 Å². The number of nitrogens with zero attached hydrogens (tertiary/aromatic N) is 3. The summed E-state index contributed by atoms with van der Waals surface area (Å²) in [4.78, 5) is 0. The minimum Gasteiger partial charge on any atom is -0.309 e. The van der Waals surface area contributed by atoms with Crippen molar-refractivity contribution in [3.05, 3.63) is 237 Å². The van der Waals surface area contributed by atoms with Gasteiger partial charge >= 0.3 is 0 Å². The Labute approximate surface area is 364 Å². The van der Waals surface area contributed by atoms with Gasteiger partial charge in [0.1, 0.15) is 0 Å². The number of hydrogen-bond acceptors (Lipinski definition) is 0. The normalized spacial score (nSPS) is 11.8. The first-order valence-electron chi connectivity index (χ1n) is 21.7. The lowest BCUT2D eigenvalue weighted by atomic mass is 9.99. The predicted octanol–water partition coefficient (Wildman–Crippen LogP) is 16.0. The van der Waals surface area contributed by atoms with Crippen LogP contribution < -0.4 is 0 Å². The molecule has 3 aromatic heterocycles. The van der Waals surface area contributed by atoms with Crippen LogP contribution in [-0.2, 0) is 0 Å². The van der Waals surface area contributed by atoms with Crippen molar-refractivity contribution in [2.75, 3.05) is 0 Å². The zero-order chi connectivity index (χ0) is 41.4. The molecule has 0 aliphatic heterocycles. The first-order valence-corrected chi connectivity index (χ1v) is 21.7. The minimum atomic E-state index is 1.14. The average molecular weight is 802 g/mol. The standard InChI is InChI=1S/C60H39N3/c1-3-20-40(21-4-1)42-24-7-13-32-51(42)62-54-35-16-10-27-45(54)48-31-19-30-47(59(48)62)44-26-9-15-34-53(44)61-56-37-18-12-29-50(56)58-57(61)39-38-49-46-28-11-17-36-55(46)63(60(49)58)52-33-14-8-25-43(52)41-22-5-2-6-23-41/h1-39H. The van der Waals surface area contributed by atoms with Gasteiger partial charge in [-0.1, -0.05) is 194 Å². The summed E-state index contributed by atoms with van der Waals surface area (Å²) in [6.45, 7) is 0. The second kappa shape index (κ2) is 14.1. The summed E-state index contributed by atoms with van der Waals surface area (Å²) >= 11 is 0. The number of rotatable bonds is 6. The van der Waals surface area contributed by atoms with E-state index in [1.807, 2.05) is 0 Å². The third kappa shape index (κ3) is 5.27. The molecule has 63 heavy (non-hydrogen) atoms. The van der Waals surface area contributed by atoms with Crippen LogP contribution in [0.25, 0.3) is 116 Å². The molecule has 13 rings (SSSR count). The number of benzene rings is 10. The molecule has 3 nitrogen and oxygen atoms in total. The quantitative estimate of drug-likeness (QED) is 0.159. The molecule has 294 valence electrons. The van der Waals surface area contributed by atoms with E-state index in [1.54, 1.807) is 0 Å². The SMILES string of the molecule is c1ccc(-c2ccccc2-n2c3ccccc3c3cccc(-c4ccccc4-n4c5ccccc5c5c4ccc4c6ccccc6n(-c6ccccc6-c6ccccc6)c45)c32)cc1. The van der Waals surface area contributed by atoms with Gasteiger partial charge in [0.2, 0.25) is 0 Å². The molecule has 10 aromatic carbocycles. The second-order valence-electron chi connectivity index (χ2n) is 16.4. The molecule has 0 saturated carbocycles.